The third-order valence-electron chi connectivity index (χ3n) is 3.43. The molecular weight excluding hydrogens is 302 g/mol. The average molecular weight is 325 g/mol. The molecule has 5 nitrogen and oxygen atoms in total. The van der Waals surface area contributed by atoms with Crippen molar-refractivity contribution in [2.45, 2.75) is 19.6 Å². The van der Waals surface area contributed by atoms with Crippen molar-refractivity contribution in [2.75, 3.05) is 33.7 Å². The van der Waals surface area contributed by atoms with Crippen LogP contribution in [0.4, 0.5) is 5.69 Å². The van der Waals surface area contributed by atoms with E-state index in [1.54, 1.807) is 26.0 Å². The second kappa shape index (κ2) is 7.35. The number of methoxy groups -OCH3 is 2. The van der Waals surface area contributed by atoms with Crippen LogP contribution >= 0.6 is 11.8 Å². The van der Waals surface area contributed by atoms with Crippen LogP contribution in [0.25, 0.3) is 0 Å². The van der Waals surface area contributed by atoms with Gasteiger partial charge >= 0.3 is 0 Å². The monoisotopic (exact) mass is 325 g/mol. The van der Waals surface area contributed by atoms with E-state index in [-0.39, 0.29) is 5.92 Å². The molecule has 1 aromatic rings. The molecule has 1 saturated heterocycles. The molecule has 0 atom stereocenters. The van der Waals surface area contributed by atoms with Crippen LogP contribution in [0.2, 0.25) is 0 Å². The van der Waals surface area contributed by atoms with Crippen molar-refractivity contribution in [3.05, 3.63) is 18.2 Å². The molecule has 0 radical (unpaired) electrons. The summed E-state index contributed by atoms with van der Waals surface area (Å²) >= 11 is 1.61. The number of hydrogen-bond donors (Lipinski definition) is 0. The first-order valence-electron chi connectivity index (χ1n) is 7.11. The highest BCUT2D eigenvalue weighted by atomic mass is 32.2. The lowest BCUT2D eigenvalue weighted by Gasteiger charge is -2.35. The van der Waals surface area contributed by atoms with Crippen molar-refractivity contribution in [3.63, 3.8) is 0 Å². The Morgan fingerprint density at radius 2 is 1.82 bits per heavy atom. The largest absolute Gasteiger partial charge is 0.493 e. The van der Waals surface area contributed by atoms with E-state index in [0.29, 0.717) is 24.7 Å². The van der Waals surface area contributed by atoms with E-state index < -0.39 is 5.79 Å². The fourth-order valence-electron chi connectivity index (χ4n) is 2.16. The summed E-state index contributed by atoms with van der Waals surface area (Å²) in [7, 11) is 3.23. The molecule has 2 rings (SSSR count). The fraction of sp³-hybridized carbons (Fsp3) is 0.562. The minimum Gasteiger partial charge on any atom is -0.493 e. The molecule has 6 heteroatoms. The van der Waals surface area contributed by atoms with E-state index in [2.05, 4.69) is 0 Å². The Bertz CT molecular complexity index is 535. The van der Waals surface area contributed by atoms with Gasteiger partial charge in [-0.15, -0.1) is 11.8 Å². The molecule has 1 aliphatic heterocycles. The van der Waals surface area contributed by atoms with E-state index in [1.807, 2.05) is 38.3 Å². The summed E-state index contributed by atoms with van der Waals surface area (Å²) in [6, 6.07) is 5.63. The fourth-order valence-corrected chi connectivity index (χ4v) is 2.83. The van der Waals surface area contributed by atoms with Gasteiger partial charge in [0.1, 0.15) is 0 Å². The summed E-state index contributed by atoms with van der Waals surface area (Å²) in [4.78, 5) is 4.72. The Balaban J connectivity index is 2.18. The summed E-state index contributed by atoms with van der Waals surface area (Å²) in [6.45, 7) is 5.07. The van der Waals surface area contributed by atoms with E-state index >= 15 is 0 Å². The van der Waals surface area contributed by atoms with Crippen molar-refractivity contribution < 1.29 is 18.9 Å². The van der Waals surface area contributed by atoms with Crippen molar-refractivity contribution in [2.24, 2.45) is 10.9 Å². The standard InChI is InChI=1S/C16H23NO4S/c1-16(2)20-9-11(10-21-16)15(22-5)17-12-6-7-13(18-3)14(8-12)19-4/h6-8,11H,9-10H2,1-5H3. The number of hydrogen-bond acceptors (Lipinski definition) is 6. The van der Waals surface area contributed by atoms with E-state index in [9.17, 15) is 0 Å². The van der Waals surface area contributed by atoms with E-state index in [0.717, 1.165) is 10.7 Å². The van der Waals surface area contributed by atoms with Gasteiger partial charge in [-0.2, -0.15) is 0 Å². The zero-order valence-corrected chi connectivity index (χ0v) is 14.5. The Hall–Kier alpha value is -1.24. The summed E-state index contributed by atoms with van der Waals surface area (Å²) in [5, 5.41) is 0.989. The Morgan fingerprint density at radius 1 is 1.18 bits per heavy atom. The van der Waals surface area contributed by atoms with Crippen molar-refractivity contribution >= 4 is 22.5 Å². The van der Waals surface area contributed by atoms with Gasteiger partial charge in [0.15, 0.2) is 17.3 Å². The average Bonchev–Trinajstić information content (AvgIpc) is 2.52. The molecule has 122 valence electrons. The lowest BCUT2D eigenvalue weighted by atomic mass is 10.1. The summed E-state index contributed by atoms with van der Waals surface area (Å²) < 4.78 is 22.0. The number of thioether (sulfide) groups is 1. The van der Waals surface area contributed by atoms with Crippen molar-refractivity contribution in [1.82, 2.24) is 0 Å². The zero-order valence-electron chi connectivity index (χ0n) is 13.7. The molecule has 22 heavy (non-hydrogen) atoms. The topological polar surface area (TPSA) is 49.3 Å². The van der Waals surface area contributed by atoms with Gasteiger partial charge in [-0.25, -0.2) is 4.99 Å². The van der Waals surface area contributed by atoms with Crippen LogP contribution in [-0.2, 0) is 9.47 Å². The maximum atomic E-state index is 5.72. The van der Waals surface area contributed by atoms with Gasteiger partial charge in [-0.3, -0.25) is 0 Å². The third kappa shape index (κ3) is 4.15. The predicted molar refractivity (Wildman–Crippen MR) is 89.6 cm³/mol. The number of ether oxygens (including phenoxy) is 4. The summed E-state index contributed by atoms with van der Waals surface area (Å²) in [5.41, 5.74) is 0.826. The van der Waals surface area contributed by atoms with Crippen LogP contribution in [0.3, 0.4) is 0 Å². The molecule has 1 fully saturated rings. The number of benzene rings is 1. The van der Waals surface area contributed by atoms with Gasteiger partial charge in [-0.05, 0) is 32.2 Å². The van der Waals surface area contributed by atoms with Gasteiger partial charge in [0.2, 0.25) is 0 Å². The molecule has 0 spiro atoms. The molecule has 0 amide bonds. The quantitative estimate of drug-likeness (QED) is 0.626. The lowest BCUT2D eigenvalue weighted by molar-refractivity contribution is -0.253. The number of rotatable bonds is 4. The third-order valence-corrected chi connectivity index (χ3v) is 4.27. The highest BCUT2D eigenvalue weighted by molar-refractivity contribution is 8.13. The maximum absolute atomic E-state index is 5.72. The van der Waals surface area contributed by atoms with Gasteiger partial charge in [0.05, 0.1) is 44.1 Å². The highest BCUT2D eigenvalue weighted by Gasteiger charge is 2.30. The van der Waals surface area contributed by atoms with Gasteiger partial charge in [-0.1, -0.05) is 0 Å². The summed E-state index contributed by atoms with van der Waals surface area (Å²) in [6.07, 6.45) is 2.01. The van der Waals surface area contributed by atoms with Gasteiger partial charge in [0.25, 0.3) is 0 Å². The molecular formula is C16H23NO4S. The van der Waals surface area contributed by atoms with Gasteiger partial charge < -0.3 is 18.9 Å². The smallest absolute Gasteiger partial charge is 0.162 e. The van der Waals surface area contributed by atoms with Crippen LogP contribution in [-0.4, -0.2) is 44.5 Å². The van der Waals surface area contributed by atoms with Crippen LogP contribution in [0.5, 0.6) is 11.5 Å². The van der Waals surface area contributed by atoms with E-state index in [4.69, 9.17) is 23.9 Å². The van der Waals surface area contributed by atoms with E-state index in [1.165, 1.54) is 0 Å². The molecule has 0 aliphatic carbocycles. The SMILES string of the molecule is COc1ccc(N=C(SC)C2COC(C)(C)OC2)cc1OC. The Kier molecular flexibility index (Phi) is 5.72. The highest BCUT2D eigenvalue weighted by Crippen LogP contribution is 2.32. The second-order valence-electron chi connectivity index (χ2n) is 5.41. The van der Waals surface area contributed by atoms with Crippen LogP contribution in [0.15, 0.2) is 23.2 Å². The van der Waals surface area contributed by atoms with Crippen LogP contribution < -0.4 is 9.47 Å². The van der Waals surface area contributed by atoms with Crippen molar-refractivity contribution in [1.29, 1.82) is 0 Å². The van der Waals surface area contributed by atoms with Crippen LogP contribution in [0.1, 0.15) is 13.8 Å². The Labute approximate surface area is 136 Å². The molecule has 0 unspecified atom stereocenters. The van der Waals surface area contributed by atoms with Crippen LogP contribution in [0, 0.1) is 5.92 Å². The minimum atomic E-state index is -0.511. The number of nitrogens with zero attached hydrogens (tertiary/aromatic N) is 1. The minimum absolute atomic E-state index is 0.149. The molecule has 0 aromatic heterocycles. The number of aliphatic imine (C=N–C) groups is 1. The first-order chi connectivity index (χ1) is 10.5. The maximum Gasteiger partial charge on any atom is 0.162 e. The first-order valence-corrected chi connectivity index (χ1v) is 8.34. The molecule has 0 saturated carbocycles. The predicted octanol–water partition coefficient (Wildman–Crippen LogP) is 3.50. The first kappa shape index (κ1) is 17.1. The molecule has 1 aliphatic rings. The normalized spacial score (nSPS) is 19.0. The molecule has 0 N–H and O–H groups in total. The molecule has 1 heterocycles. The second-order valence-corrected chi connectivity index (χ2v) is 6.24. The molecule has 0 bridgehead atoms. The van der Waals surface area contributed by atoms with Crippen molar-refractivity contribution in [3.8, 4) is 11.5 Å². The zero-order chi connectivity index (χ0) is 16.2. The summed E-state index contributed by atoms with van der Waals surface area (Å²) in [5.74, 6) is 0.999. The van der Waals surface area contributed by atoms with Gasteiger partial charge in [0, 0.05) is 6.07 Å². The Morgan fingerprint density at radius 3 is 2.36 bits per heavy atom. The molecule has 1 aromatic carbocycles. The lowest BCUT2D eigenvalue weighted by Crippen LogP contribution is -2.41.